The fraction of sp³-hybridized carbons (Fsp3) is 0.643. The SMILES string of the molecule is CCc1c(Cl)ncnc1N1CCOCC1C(=O)NC1CC1. The van der Waals surface area contributed by atoms with Crippen LogP contribution in [-0.4, -0.2) is 47.7 Å². The van der Waals surface area contributed by atoms with E-state index in [-0.39, 0.29) is 11.9 Å². The maximum absolute atomic E-state index is 12.4. The van der Waals surface area contributed by atoms with Crippen LogP contribution in [0.3, 0.4) is 0 Å². The predicted octanol–water partition coefficient (Wildman–Crippen LogP) is 1.18. The summed E-state index contributed by atoms with van der Waals surface area (Å²) in [6.07, 6.45) is 4.31. The Labute approximate surface area is 128 Å². The van der Waals surface area contributed by atoms with Crippen LogP contribution in [0.1, 0.15) is 25.3 Å². The number of carbonyl (C=O) groups is 1. The average molecular weight is 311 g/mol. The van der Waals surface area contributed by atoms with E-state index in [9.17, 15) is 4.79 Å². The second kappa shape index (κ2) is 6.15. The van der Waals surface area contributed by atoms with Crippen LogP contribution in [0.4, 0.5) is 5.82 Å². The van der Waals surface area contributed by atoms with Crippen molar-refractivity contribution in [3.8, 4) is 0 Å². The number of morpholine rings is 1. The largest absolute Gasteiger partial charge is 0.377 e. The van der Waals surface area contributed by atoms with Gasteiger partial charge in [-0.3, -0.25) is 4.79 Å². The van der Waals surface area contributed by atoms with Gasteiger partial charge in [0.25, 0.3) is 0 Å². The highest BCUT2D eigenvalue weighted by atomic mass is 35.5. The number of ether oxygens (including phenoxy) is 1. The summed E-state index contributed by atoms with van der Waals surface area (Å²) in [5.41, 5.74) is 0.880. The summed E-state index contributed by atoms with van der Waals surface area (Å²) in [5, 5.41) is 3.49. The van der Waals surface area contributed by atoms with Gasteiger partial charge in [0, 0.05) is 18.2 Å². The molecule has 2 fully saturated rings. The Kier molecular flexibility index (Phi) is 4.26. The fourth-order valence-electron chi connectivity index (χ4n) is 2.53. The zero-order valence-electron chi connectivity index (χ0n) is 12.0. The number of hydrogen-bond donors (Lipinski definition) is 1. The van der Waals surface area contributed by atoms with Gasteiger partial charge in [-0.2, -0.15) is 0 Å². The molecule has 1 atom stereocenters. The molecule has 2 aliphatic rings. The monoisotopic (exact) mass is 310 g/mol. The molecule has 0 radical (unpaired) electrons. The Hall–Kier alpha value is -1.40. The lowest BCUT2D eigenvalue weighted by Crippen LogP contribution is -2.55. The highest BCUT2D eigenvalue weighted by molar-refractivity contribution is 6.30. The summed E-state index contributed by atoms with van der Waals surface area (Å²) < 4.78 is 5.48. The molecule has 1 N–H and O–H groups in total. The summed E-state index contributed by atoms with van der Waals surface area (Å²) in [6.45, 7) is 3.60. The molecule has 1 unspecified atom stereocenters. The zero-order valence-corrected chi connectivity index (χ0v) is 12.8. The van der Waals surface area contributed by atoms with Gasteiger partial charge in [0.15, 0.2) is 0 Å². The summed E-state index contributed by atoms with van der Waals surface area (Å²) in [7, 11) is 0. The molecular weight excluding hydrogens is 292 g/mol. The first-order valence-electron chi connectivity index (χ1n) is 7.34. The molecule has 6 nitrogen and oxygen atoms in total. The van der Waals surface area contributed by atoms with Crippen molar-refractivity contribution in [3.05, 3.63) is 17.0 Å². The number of anilines is 1. The fourth-order valence-corrected chi connectivity index (χ4v) is 2.80. The van der Waals surface area contributed by atoms with Crippen molar-refractivity contribution in [1.82, 2.24) is 15.3 Å². The maximum Gasteiger partial charge on any atom is 0.245 e. The average Bonchev–Trinajstić information content (AvgIpc) is 3.31. The van der Waals surface area contributed by atoms with Crippen molar-refractivity contribution < 1.29 is 9.53 Å². The highest BCUT2D eigenvalue weighted by Crippen LogP contribution is 2.27. The molecule has 1 saturated carbocycles. The van der Waals surface area contributed by atoms with Gasteiger partial charge in [-0.25, -0.2) is 9.97 Å². The normalized spacial score (nSPS) is 22.2. The van der Waals surface area contributed by atoms with Crippen molar-refractivity contribution in [2.45, 2.75) is 38.3 Å². The number of carbonyl (C=O) groups excluding carboxylic acids is 1. The molecule has 7 heteroatoms. The van der Waals surface area contributed by atoms with Crippen molar-refractivity contribution in [2.75, 3.05) is 24.7 Å². The summed E-state index contributed by atoms with van der Waals surface area (Å²) in [4.78, 5) is 22.8. The first-order valence-corrected chi connectivity index (χ1v) is 7.72. The van der Waals surface area contributed by atoms with Gasteiger partial charge >= 0.3 is 0 Å². The number of aromatic nitrogens is 2. The van der Waals surface area contributed by atoms with E-state index in [1.165, 1.54) is 6.33 Å². The van der Waals surface area contributed by atoms with E-state index >= 15 is 0 Å². The van der Waals surface area contributed by atoms with E-state index in [4.69, 9.17) is 16.3 Å². The standard InChI is InChI=1S/C14H19ClN4O2/c1-2-10-12(15)16-8-17-13(10)19-5-6-21-7-11(19)14(20)18-9-3-4-9/h8-9,11H,2-7H2,1H3,(H,18,20). The molecule has 1 aliphatic carbocycles. The molecule has 2 heterocycles. The topological polar surface area (TPSA) is 67.3 Å². The van der Waals surface area contributed by atoms with Gasteiger partial charge in [-0.1, -0.05) is 18.5 Å². The Morgan fingerprint density at radius 3 is 3.05 bits per heavy atom. The molecule has 1 amide bonds. The molecule has 1 aliphatic heterocycles. The Bertz CT molecular complexity index is 536. The van der Waals surface area contributed by atoms with Crippen molar-refractivity contribution >= 4 is 23.3 Å². The highest BCUT2D eigenvalue weighted by Gasteiger charge is 2.34. The molecular formula is C14H19ClN4O2. The predicted molar refractivity (Wildman–Crippen MR) is 79.5 cm³/mol. The van der Waals surface area contributed by atoms with Crippen molar-refractivity contribution in [2.24, 2.45) is 0 Å². The Morgan fingerprint density at radius 2 is 2.33 bits per heavy atom. The first-order chi connectivity index (χ1) is 10.2. The number of amides is 1. The van der Waals surface area contributed by atoms with Crippen LogP contribution in [0.2, 0.25) is 5.15 Å². The van der Waals surface area contributed by atoms with Crippen molar-refractivity contribution in [3.63, 3.8) is 0 Å². The number of rotatable bonds is 4. The lowest BCUT2D eigenvalue weighted by Gasteiger charge is -2.36. The van der Waals surface area contributed by atoms with Gasteiger partial charge in [0.1, 0.15) is 23.3 Å². The van der Waals surface area contributed by atoms with E-state index in [1.54, 1.807) is 0 Å². The van der Waals surface area contributed by atoms with Crippen LogP contribution in [0, 0.1) is 0 Å². The molecule has 3 rings (SSSR count). The van der Waals surface area contributed by atoms with E-state index in [2.05, 4.69) is 15.3 Å². The van der Waals surface area contributed by atoms with Crippen LogP contribution < -0.4 is 10.2 Å². The molecule has 0 bridgehead atoms. The van der Waals surface area contributed by atoms with E-state index in [0.717, 1.165) is 30.6 Å². The van der Waals surface area contributed by atoms with Crippen LogP contribution in [0.25, 0.3) is 0 Å². The van der Waals surface area contributed by atoms with Crippen LogP contribution in [-0.2, 0) is 16.0 Å². The number of hydrogen-bond acceptors (Lipinski definition) is 5. The minimum absolute atomic E-state index is 0.00832. The molecule has 0 spiro atoms. The second-order valence-electron chi connectivity index (χ2n) is 5.39. The molecule has 1 aromatic rings. The second-order valence-corrected chi connectivity index (χ2v) is 5.75. The molecule has 0 aromatic carbocycles. The summed E-state index contributed by atoms with van der Waals surface area (Å²) >= 11 is 6.16. The van der Waals surface area contributed by atoms with E-state index in [1.807, 2.05) is 11.8 Å². The van der Waals surface area contributed by atoms with Crippen LogP contribution in [0.15, 0.2) is 6.33 Å². The third-order valence-electron chi connectivity index (χ3n) is 3.85. The number of nitrogens with zero attached hydrogens (tertiary/aromatic N) is 3. The Balaban J connectivity index is 1.86. The van der Waals surface area contributed by atoms with E-state index in [0.29, 0.717) is 31.0 Å². The van der Waals surface area contributed by atoms with E-state index < -0.39 is 0 Å². The lowest BCUT2D eigenvalue weighted by atomic mass is 10.1. The third-order valence-corrected chi connectivity index (χ3v) is 4.18. The molecule has 1 aromatic heterocycles. The molecule has 21 heavy (non-hydrogen) atoms. The smallest absolute Gasteiger partial charge is 0.245 e. The first kappa shape index (κ1) is 14.5. The van der Waals surface area contributed by atoms with Crippen LogP contribution in [0.5, 0.6) is 0 Å². The van der Waals surface area contributed by atoms with Gasteiger partial charge in [-0.05, 0) is 19.3 Å². The van der Waals surface area contributed by atoms with Gasteiger partial charge in [0.05, 0.1) is 13.2 Å². The summed E-state index contributed by atoms with van der Waals surface area (Å²) in [5.74, 6) is 0.755. The van der Waals surface area contributed by atoms with Gasteiger partial charge in [0.2, 0.25) is 5.91 Å². The Morgan fingerprint density at radius 1 is 1.52 bits per heavy atom. The molecule has 1 saturated heterocycles. The van der Waals surface area contributed by atoms with Crippen LogP contribution >= 0.6 is 11.6 Å². The lowest BCUT2D eigenvalue weighted by molar-refractivity contribution is -0.124. The zero-order chi connectivity index (χ0) is 14.8. The third kappa shape index (κ3) is 3.11. The maximum atomic E-state index is 12.4. The van der Waals surface area contributed by atoms with Gasteiger partial charge < -0.3 is 15.0 Å². The minimum atomic E-state index is -0.351. The van der Waals surface area contributed by atoms with Gasteiger partial charge in [-0.15, -0.1) is 0 Å². The number of nitrogens with one attached hydrogen (secondary N) is 1. The number of halogens is 1. The van der Waals surface area contributed by atoms with Crippen molar-refractivity contribution in [1.29, 1.82) is 0 Å². The molecule has 114 valence electrons. The minimum Gasteiger partial charge on any atom is -0.377 e. The summed E-state index contributed by atoms with van der Waals surface area (Å²) in [6, 6.07) is -0.0171. The quantitative estimate of drug-likeness (QED) is 0.846.